The summed E-state index contributed by atoms with van der Waals surface area (Å²) >= 11 is 0. The van der Waals surface area contributed by atoms with Crippen molar-refractivity contribution in [2.75, 3.05) is 39.3 Å². The zero-order valence-corrected chi connectivity index (χ0v) is 10.2. The zero-order chi connectivity index (χ0) is 12.0. The molecule has 1 fully saturated rings. The van der Waals surface area contributed by atoms with Crippen LogP contribution in [0.2, 0.25) is 0 Å². The third-order valence-corrected chi connectivity index (χ3v) is 2.86. The van der Waals surface area contributed by atoms with E-state index in [1.54, 1.807) is 0 Å². The number of rotatable bonds is 4. The Bertz CT molecular complexity index is 248. The number of piperazine rings is 1. The van der Waals surface area contributed by atoms with Gasteiger partial charge < -0.3 is 15.1 Å². The van der Waals surface area contributed by atoms with Gasteiger partial charge in [-0.3, -0.25) is 4.79 Å². The van der Waals surface area contributed by atoms with Gasteiger partial charge in [-0.05, 0) is 13.5 Å². The maximum atomic E-state index is 11.7. The van der Waals surface area contributed by atoms with E-state index in [9.17, 15) is 9.59 Å². The van der Waals surface area contributed by atoms with Gasteiger partial charge >= 0.3 is 6.03 Å². The summed E-state index contributed by atoms with van der Waals surface area (Å²) in [5.74, 6) is 0.108. The van der Waals surface area contributed by atoms with E-state index in [2.05, 4.69) is 17.1 Å². The summed E-state index contributed by atoms with van der Waals surface area (Å²) in [7, 11) is 0. The average molecular weight is 227 g/mol. The number of amides is 2. The second-order valence-electron chi connectivity index (χ2n) is 4.11. The molecule has 2 amide bonds. The fraction of sp³-hybridized carbons (Fsp3) is 0.818. The fourth-order valence-corrected chi connectivity index (χ4v) is 1.72. The van der Waals surface area contributed by atoms with Crippen LogP contribution in [0.15, 0.2) is 0 Å². The van der Waals surface area contributed by atoms with E-state index in [4.69, 9.17) is 0 Å². The van der Waals surface area contributed by atoms with Crippen LogP contribution in [-0.4, -0.2) is 60.9 Å². The topological polar surface area (TPSA) is 52.6 Å². The molecule has 1 saturated heterocycles. The van der Waals surface area contributed by atoms with Crippen LogP contribution in [0.4, 0.5) is 4.79 Å². The fourth-order valence-electron chi connectivity index (χ4n) is 1.72. The first-order chi connectivity index (χ1) is 7.63. The Morgan fingerprint density at radius 1 is 1.19 bits per heavy atom. The number of likely N-dealkylation sites (N-methyl/N-ethyl adjacent to an activating group) is 1. The van der Waals surface area contributed by atoms with Crippen LogP contribution in [0.3, 0.4) is 0 Å². The van der Waals surface area contributed by atoms with Gasteiger partial charge in [0.15, 0.2) is 0 Å². The van der Waals surface area contributed by atoms with Crippen molar-refractivity contribution >= 4 is 11.8 Å². The summed E-state index contributed by atoms with van der Waals surface area (Å²) in [5, 5.41) is 2.76. The predicted octanol–water partition coefficient (Wildman–Crippen LogP) is 0.313. The average Bonchev–Trinajstić information content (AvgIpc) is 2.28. The van der Waals surface area contributed by atoms with E-state index < -0.39 is 0 Å². The van der Waals surface area contributed by atoms with Gasteiger partial charge in [0.05, 0.1) is 0 Å². The number of nitrogens with zero attached hydrogens (tertiary/aromatic N) is 2. The number of ketones is 1. The van der Waals surface area contributed by atoms with Crippen LogP contribution in [0.5, 0.6) is 0 Å². The number of nitrogens with one attached hydrogen (secondary N) is 1. The Hall–Kier alpha value is -1.10. The molecule has 1 heterocycles. The van der Waals surface area contributed by atoms with E-state index in [-0.39, 0.29) is 11.8 Å². The first kappa shape index (κ1) is 13.0. The van der Waals surface area contributed by atoms with Crippen molar-refractivity contribution in [3.63, 3.8) is 0 Å². The Labute approximate surface area is 96.8 Å². The highest BCUT2D eigenvalue weighted by molar-refractivity contribution is 5.78. The predicted molar refractivity (Wildman–Crippen MR) is 62.4 cm³/mol. The third-order valence-electron chi connectivity index (χ3n) is 2.86. The Morgan fingerprint density at radius 3 is 2.31 bits per heavy atom. The molecular formula is C11H21N3O2. The Kier molecular flexibility index (Phi) is 5.25. The van der Waals surface area contributed by atoms with Gasteiger partial charge in [-0.2, -0.15) is 0 Å². The van der Waals surface area contributed by atoms with Crippen molar-refractivity contribution in [2.45, 2.75) is 20.3 Å². The molecule has 0 aliphatic carbocycles. The van der Waals surface area contributed by atoms with Gasteiger partial charge in [0, 0.05) is 39.1 Å². The molecule has 0 atom stereocenters. The van der Waals surface area contributed by atoms with Crippen molar-refractivity contribution in [3.05, 3.63) is 0 Å². The summed E-state index contributed by atoms with van der Waals surface area (Å²) in [5.41, 5.74) is 0. The Balaban J connectivity index is 2.20. The second kappa shape index (κ2) is 6.48. The molecule has 0 aromatic rings. The molecule has 1 rings (SSSR count). The molecule has 1 aliphatic heterocycles. The highest BCUT2D eigenvalue weighted by Crippen LogP contribution is 2.01. The molecule has 1 N–H and O–H groups in total. The lowest BCUT2D eigenvalue weighted by atomic mass is 10.3. The van der Waals surface area contributed by atoms with Gasteiger partial charge in [-0.25, -0.2) is 4.79 Å². The number of hydrogen-bond acceptors (Lipinski definition) is 3. The number of Topliss-reactive ketones (excluding diaryl/α,β-unsaturated/α-hetero) is 1. The maximum Gasteiger partial charge on any atom is 0.317 e. The number of carbonyl (C=O) groups is 2. The number of urea groups is 1. The summed E-state index contributed by atoms with van der Waals surface area (Å²) in [4.78, 5) is 26.5. The van der Waals surface area contributed by atoms with E-state index in [0.717, 1.165) is 32.7 Å². The van der Waals surface area contributed by atoms with Gasteiger partial charge in [0.25, 0.3) is 0 Å². The molecule has 92 valence electrons. The van der Waals surface area contributed by atoms with Gasteiger partial charge in [0.1, 0.15) is 5.78 Å². The first-order valence-corrected chi connectivity index (χ1v) is 5.88. The monoisotopic (exact) mass is 227 g/mol. The minimum atomic E-state index is -0.0444. The van der Waals surface area contributed by atoms with E-state index in [1.165, 1.54) is 6.92 Å². The molecule has 16 heavy (non-hydrogen) atoms. The molecule has 5 heteroatoms. The molecule has 0 aromatic carbocycles. The maximum absolute atomic E-state index is 11.7. The van der Waals surface area contributed by atoms with E-state index in [1.807, 2.05) is 4.90 Å². The van der Waals surface area contributed by atoms with Gasteiger partial charge in [0.2, 0.25) is 0 Å². The van der Waals surface area contributed by atoms with Crippen LogP contribution < -0.4 is 5.32 Å². The minimum Gasteiger partial charge on any atom is -0.338 e. The lowest BCUT2D eigenvalue weighted by Gasteiger charge is -2.33. The summed E-state index contributed by atoms with van der Waals surface area (Å²) in [6, 6.07) is -0.0444. The summed E-state index contributed by atoms with van der Waals surface area (Å²) in [6.07, 6.45) is 0.417. The molecule has 0 bridgehead atoms. The third kappa shape index (κ3) is 4.18. The quantitative estimate of drug-likeness (QED) is 0.752. The second-order valence-corrected chi connectivity index (χ2v) is 4.11. The zero-order valence-electron chi connectivity index (χ0n) is 10.2. The van der Waals surface area contributed by atoms with Crippen molar-refractivity contribution in [2.24, 2.45) is 0 Å². The highest BCUT2D eigenvalue weighted by Gasteiger charge is 2.19. The normalized spacial score (nSPS) is 17.2. The number of carbonyl (C=O) groups excluding carboxylic acids is 2. The lowest BCUT2D eigenvalue weighted by molar-refractivity contribution is -0.116. The smallest absolute Gasteiger partial charge is 0.317 e. The Morgan fingerprint density at radius 2 is 1.81 bits per heavy atom. The molecule has 0 aromatic heterocycles. The SMILES string of the molecule is CCN1CCN(C(=O)NCCC(C)=O)CC1. The van der Waals surface area contributed by atoms with Gasteiger partial charge in [-0.15, -0.1) is 0 Å². The van der Waals surface area contributed by atoms with Crippen LogP contribution in [0.1, 0.15) is 20.3 Å². The highest BCUT2D eigenvalue weighted by atomic mass is 16.2. The summed E-state index contributed by atoms with van der Waals surface area (Å²) in [6.45, 7) is 8.59. The standard InChI is InChI=1S/C11H21N3O2/c1-3-13-6-8-14(9-7-13)11(16)12-5-4-10(2)15/h3-9H2,1-2H3,(H,12,16). The number of hydrogen-bond donors (Lipinski definition) is 1. The lowest BCUT2D eigenvalue weighted by Crippen LogP contribution is -2.51. The van der Waals surface area contributed by atoms with E-state index >= 15 is 0 Å². The van der Waals surface area contributed by atoms with Gasteiger partial charge in [-0.1, -0.05) is 6.92 Å². The molecule has 0 saturated carbocycles. The van der Waals surface area contributed by atoms with Crippen LogP contribution in [0.25, 0.3) is 0 Å². The largest absolute Gasteiger partial charge is 0.338 e. The van der Waals surface area contributed by atoms with Crippen molar-refractivity contribution in [1.29, 1.82) is 0 Å². The van der Waals surface area contributed by atoms with Crippen molar-refractivity contribution in [1.82, 2.24) is 15.1 Å². The molecule has 1 aliphatic rings. The van der Waals surface area contributed by atoms with E-state index in [0.29, 0.717) is 13.0 Å². The van der Waals surface area contributed by atoms with Crippen LogP contribution >= 0.6 is 0 Å². The molecule has 0 radical (unpaired) electrons. The van der Waals surface area contributed by atoms with Crippen molar-refractivity contribution < 1.29 is 9.59 Å². The molecule has 5 nitrogen and oxygen atoms in total. The first-order valence-electron chi connectivity index (χ1n) is 5.88. The summed E-state index contributed by atoms with van der Waals surface area (Å²) < 4.78 is 0. The minimum absolute atomic E-state index is 0.0444. The molecular weight excluding hydrogens is 206 g/mol. The molecule has 0 spiro atoms. The van der Waals surface area contributed by atoms with Crippen molar-refractivity contribution in [3.8, 4) is 0 Å². The van der Waals surface area contributed by atoms with Crippen LogP contribution in [-0.2, 0) is 4.79 Å². The molecule has 0 unspecified atom stereocenters. The van der Waals surface area contributed by atoms with Crippen LogP contribution in [0, 0.1) is 0 Å².